The number of carbonyl (C=O) groups is 2. The van der Waals surface area contributed by atoms with Gasteiger partial charge in [0, 0.05) is 0 Å². The molecule has 0 rings (SSSR count). The highest BCUT2D eigenvalue weighted by Gasteiger charge is 2.36. The number of nitrogens with zero attached hydrogens (tertiary/aromatic N) is 2. The van der Waals surface area contributed by atoms with E-state index in [0.29, 0.717) is 0 Å². The lowest BCUT2D eigenvalue weighted by atomic mass is 9.85. The van der Waals surface area contributed by atoms with Crippen molar-refractivity contribution in [1.29, 1.82) is 0 Å². The summed E-state index contributed by atoms with van der Waals surface area (Å²) in [7, 11) is 0. The van der Waals surface area contributed by atoms with E-state index in [4.69, 9.17) is 10.2 Å². The summed E-state index contributed by atoms with van der Waals surface area (Å²) in [6.07, 6.45) is 0. The monoisotopic (exact) mass is 258 g/mol. The molecule has 2 atom stereocenters. The van der Waals surface area contributed by atoms with Gasteiger partial charge in [-0.3, -0.25) is 9.59 Å². The van der Waals surface area contributed by atoms with Gasteiger partial charge in [-0.1, -0.05) is 0 Å². The molecule has 0 saturated heterocycles. The van der Waals surface area contributed by atoms with Crippen LogP contribution in [0.3, 0.4) is 0 Å². The Balaban J connectivity index is 4.87. The molecule has 2 unspecified atom stereocenters. The molecule has 0 amide bonds. The van der Waals surface area contributed by atoms with Crippen LogP contribution < -0.4 is 0 Å². The second-order valence-electron chi connectivity index (χ2n) is 5.64. The lowest BCUT2D eigenvalue weighted by Gasteiger charge is -2.26. The lowest BCUT2D eigenvalue weighted by Crippen LogP contribution is -2.36. The standard InChI is InChI=1S/C12H22N2O4/c1-7(11(3,4)9(15)16)13-14-8(2)12(5,6)10(17)18/h7-8H,1-6H3,(H,15,16)(H,17,18). The fourth-order valence-corrected chi connectivity index (χ4v) is 0.846. The summed E-state index contributed by atoms with van der Waals surface area (Å²) < 4.78 is 0. The van der Waals surface area contributed by atoms with Crippen LogP contribution >= 0.6 is 0 Å². The molecule has 0 spiro atoms. The third-order valence-corrected chi connectivity index (χ3v) is 3.60. The fourth-order valence-electron chi connectivity index (χ4n) is 0.846. The van der Waals surface area contributed by atoms with E-state index in [9.17, 15) is 9.59 Å². The Morgan fingerprint density at radius 3 is 1.22 bits per heavy atom. The summed E-state index contributed by atoms with van der Waals surface area (Å²) in [4.78, 5) is 22.0. The number of aliphatic carboxylic acids is 2. The zero-order chi connectivity index (χ0) is 14.7. The van der Waals surface area contributed by atoms with Crippen LogP contribution in [-0.4, -0.2) is 34.2 Å². The molecular formula is C12H22N2O4. The van der Waals surface area contributed by atoms with Crippen molar-refractivity contribution in [3.05, 3.63) is 0 Å². The molecule has 0 aromatic heterocycles. The van der Waals surface area contributed by atoms with Crippen molar-refractivity contribution in [1.82, 2.24) is 0 Å². The Morgan fingerprint density at radius 1 is 0.833 bits per heavy atom. The van der Waals surface area contributed by atoms with E-state index in [2.05, 4.69) is 10.2 Å². The second-order valence-corrected chi connectivity index (χ2v) is 5.64. The molecule has 18 heavy (non-hydrogen) atoms. The first-order chi connectivity index (χ1) is 7.94. The summed E-state index contributed by atoms with van der Waals surface area (Å²) in [5.41, 5.74) is -2.06. The van der Waals surface area contributed by atoms with Crippen molar-refractivity contribution < 1.29 is 19.8 Å². The molecule has 0 aromatic rings. The van der Waals surface area contributed by atoms with Crippen molar-refractivity contribution in [3.8, 4) is 0 Å². The van der Waals surface area contributed by atoms with Crippen LogP contribution in [0.4, 0.5) is 0 Å². The van der Waals surface area contributed by atoms with Gasteiger partial charge in [0.1, 0.15) is 0 Å². The molecule has 0 bridgehead atoms. The molecule has 0 saturated carbocycles. The molecule has 6 heteroatoms. The van der Waals surface area contributed by atoms with E-state index < -0.39 is 34.9 Å². The number of azo groups is 1. The summed E-state index contributed by atoms with van der Waals surface area (Å²) in [6.45, 7) is 9.55. The van der Waals surface area contributed by atoms with Gasteiger partial charge in [-0.15, -0.1) is 0 Å². The van der Waals surface area contributed by atoms with Gasteiger partial charge in [0.25, 0.3) is 0 Å². The number of hydrogen-bond donors (Lipinski definition) is 2. The third-order valence-electron chi connectivity index (χ3n) is 3.60. The predicted molar refractivity (Wildman–Crippen MR) is 66.6 cm³/mol. The van der Waals surface area contributed by atoms with E-state index in [1.54, 1.807) is 41.5 Å². The maximum absolute atomic E-state index is 11.0. The van der Waals surface area contributed by atoms with Crippen molar-refractivity contribution in [2.75, 3.05) is 0 Å². The van der Waals surface area contributed by atoms with Crippen molar-refractivity contribution in [2.24, 2.45) is 21.1 Å². The van der Waals surface area contributed by atoms with Gasteiger partial charge >= 0.3 is 11.9 Å². The Kier molecular flexibility index (Phi) is 5.01. The maximum Gasteiger partial charge on any atom is 0.311 e. The van der Waals surface area contributed by atoms with Crippen LogP contribution in [0.1, 0.15) is 41.5 Å². The summed E-state index contributed by atoms with van der Waals surface area (Å²) in [5, 5.41) is 26.0. The normalized spacial score (nSPS) is 16.6. The zero-order valence-electron chi connectivity index (χ0n) is 11.8. The highest BCUT2D eigenvalue weighted by Crippen LogP contribution is 2.27. The van der Waals surface area contributed by atoms with E-state index in [0.717, 1.165) is 0 Å². The van der Waals surface area contributed by atoms with Crippen LogP contribution in [0.15, 0.2) is 10.2 Å². The Bertz CT molecular complexity index is 327. The fraction of sp³-hybridized carbons (Fsp3) is 0.833. The molecule has 104 valence electrons. The van der Waals surface area contributed by atoms with E-state index in [-0.39, 0.29) is 0 Å². The van der Waals surface area contributed by atoms with Crippen LogP contribution in [-0.2, 0) is 9.59 Å². The molecule has 0 aromatic carbocycles. The number of carboxylic acids is 2. The minimum atomic E-state index is -1.03. The molecule has 0 aliphatic rings. The number of carboxylic acid groups (broad SMARTS) is 2. The largest absolute Gasteiger partial charge is 0.481 e. The molecular weight excluding hydrogens is 236 g/mol. The van der Waals surface area contributed by atoms with Crippen molar-refractivity contribution in [2.45, 2.75) is 53.6 Å². The zero-order valence-corrected chi connectivity index (χ0v) is 11.8. The second kappa shape index (κ2) is 5.46. The van der Waals surface area contributed by atoms with Crippen LogP contribution in [0, 0.1) is 10.8 Å². The Labute approximate surface area is 107 Å². The highest BCUT2D eigenvalue weighted by molar-refractivity contribution is 5.75. The van der Waals surface area contributed by atoms with Gasteiger partial charge in [-0.25, -0.2) is 0 Å². The van der Waals surface area contributed by atoms with Gasteiger partial charge in [0.2, 0.25) is 0 Å². The minimum Gasteiger partial charge on any atom is -0.481 e. The number of rotatable bonds is 6. The van der Waals surface area contributed by atoms with E-state index in [1.807, 2.05) is 0 Å². The van der Waals surface area contributed by atoms with Gasteiger partial charge < -0.3 is 10.2 Å². The lowest BCUT2D eigenvalue weighted by molar-refractivity contribution is -0.149. The highest BCUT2D eigenvalue weighted by atomic mass is 16.4. The molecule has 0 aliphatic heterocycles. The first kappa shape index (κ1) is 16.5. The SMILES string of the molecule is CC(N=NC(C)C(C)(C)C(=O)O)C(C)(C)C(=O)O. The molecule has 0 radical (unpaired) electrons. The minimum absolute atomic E-state index is 0.526. The summed E-state index contributed by atoms with van der Waals surface area (Å²) >= 11 is 0. The average molecular weight is 258 g/mol. The first-order valence-corrected chi connectivity index (χ1v) is 5.80. The average Bonchev–Trinajstić information content (AvgIpc) is 2.24. The molecule has 0 fully saturated rings. The van der Waals surface area contributed by atoms with Gasteiger partial charge in [0.15, 0.2) is 0 Å². The summed E-state index contributed by atoms with van der Waals surface area (Å²) in [5.74, 6) is -1.92. The van der Waals surface area contributed by atoms with Crippen LogP contribution in [0.5, 0.6) is 0 Å². The van der Waals surface area contributed by atoms with E-state index in [1.165, 1.54) is 0 Å². The molecule has 0 heterocycles. The third kappa shape index (κ3) is 3.51. The quantitative estimate of drug-likeness (QED) is 0.714. The predicted octanol–water partition coefficient (Wildman–Crippen LogP) is 2.44. The van der Waals surface area contributed by atoms with Crippen molar-refractivity contribution in [3.63, 3.8) is 0 Å². The summed E-state index contributed by atoms with van der Waals surface area (Å²) in [6, 6.07) is -1.05. The number of hydrogen-bond acceptors (Lipinski definition) is 4. The van der Waals surface area contributed by atoms with Crippen molar-refractivity contribution >= 4 is 11.9 Å². The molecule has 0 aliphatic carbocycles. The maximum atomic E-state index is 11.0. The Morgan fingerprint density at radius 2 is 1.06 bits per heavy atom. The molecule has 2 N–H and O–H groups in total. The Hall–Kier alpha value is -1.46. The first-order valence-electron chi connectivity index (χ1n) is 5.80. The molecule has 6 nitrogen and oxygen atoms in total. The van der Waals surface area contributed by atoms with Gasteiger partial charge in [-0.2, -0.15) is 10.2 Å². The topological polar surface area (TPSA) is 99.3 Å². The van der Waals surface area contributed by atoms with Crippen LogP contribution in [0.2, 0.25) is 0 Å². The van der Waals surface area contributed by atoms with Gasteiger partial charge in [0.05, 0.1) is 22.9 Å². The van der Waals surface area contributed by atoms with Crippen LogP contribution in [0.25, 0.3) is 0 Å². The van der Waals surface area contributed by atoms with Gasteiger partial charge in [-0.05, 0) is 41.5 Å². The van der Waals surface area contributed by atoms with E-state index >= 15 is 0 Å². The smallest absolute Gasteiger partial charge is 0.311 e.